The molecule has 1 amide bonds. The van der Waals surface area contributed by atoms with E-state index in [-0.39, 0.29) is 12.1 Å². The fourth-order valence-corrected chi connectivity index (χ4v) is 0.842. The highest BCUT2D eigenvalue weighted by Crippen LogP contribution is 2.02. The van der Waals surface area contributed by atoms with Gasteiger partial charge in [-0.15, -0.1) is 0 Å². The number of oxime groups is 1. The average molecular weight is 181 g/mol. The highest BCUT2D eigenvalue weighted by atomic mass is 16.6. The lowest BCUT2D eigenvalue weighted by Gasteiger charge is -1.96. The first-order valence-electron chi connectivity index (χ1n) is 3.62. The van der Waals surface area contributed by atoms with Crippen LogP contribution in [-0.2, 0) is 16.1 Å². The second-order valence-corrected chi connectivity index (χ2v) is 2.31. The van der Waals surface area contributed by atoms with Gasteiger partial charge in [-0.1, -0.05) is 5.16 Å². The molecule has 0 fully saturated rings. The number of hydrogen-bond donors (Lipinski definition) is 0. The molecule has 1 aromatic rings. The molecule has 1 rings (SSSR count). The zero-order valence-electron chi connectivity index (χ0n) is 7.11. The van der Waals surface area contributed by atoms with E-state index in [1.807, 2.05) is 0 Å². The van der Waals surface area contributed by atoms with Crippen molar-refractivity contribution >= 4 is 11.6 Å². The summed E-state index contributed by atoms with van der Waals surface area (Å²) < 4.78 is 4.99. The summed E-state index contributed by atoms with van der Waals surface area (Å²) in [7, 11) is 1.32. The van der Waals surface area contributed by atoms with Crippen LogP contribution in [0.1, 0.15) is 5.76 Å². The number of amides is 1. The van der Waals surface area contributed by atoms with Gasteiger partial charge in [-0.05, 0) is 12.1 Å². The molecule has 0 aliphatic carbocycles. The van der Waals surface area contributed by atoms with Gasteiger partial charge in [-0.2, -0.15) is 0 Å². The third-order valence-electron chi connectivity index (χ3n) is 1.39. The number of rotatable bonds is 4. The molecule has 5 nitrogen and oxygen atoms in total. The normalized spacial score (nSPS) is 11.3. The zero-order valence-corrected chi connectivity index (χ0v) is 7.11. The van der Waals surface area contributed by atoms with Gasteiger partial charge in [0.05, 0.1) is 12.7 Å². The molecule has 69 valence electrons. The maximum atomic E-state index is 10.7. The molecule has 5 heteroatoms. The molecule has 1 aromatic heterocycles. The van der Waals surface area contributed by atoms with Crippen LogP contribution in [0.15, 0.2) is 28.0 Å². The predicted octanol–water partition coefficient (Wildman–Crippen LogP) is 0.634. The fourth-order valence-electron chi connectivity index (χ4n) is 0.842. The number of furan rings is 1. The Bertz CT molecular complexity index is 303. The maximum absolute atomic E-state index is 10.7. The first-order chi connectivity index (χ1) is 6.24. The van der Waals surface area contributed by atoms with Gasteiger partial charge in [0.2, 0.25) is 0 Å². The van der Waals surface area contributed by atoms with E-state index >= 15 is 0 Å². The van der Waals surface area contributed by atoms with E-state index in [0.29, 0.717) is 5.76 Å². The molecule has 0 spiro atoms. The van der Waals surface area contributed by atoms with Crippen molar-refractivity contribution in [3.8, 4) is 0 Å². The quantitative estimate of drug-likeness (QED) is 0.505. The third kappa shape index (κ3) is 2.62. The van der Waals surface area contributed by atoms with Gasteiger partial charge in [0, 0.05) is 0 Å². The smallest absolute Gasteiger partial charge is 0.287 e. The highest BCUT2D eigenvalue weighted by molar-refractivity contribution is 6.38. The van der Waals surface area contributed by atoms with Gasteiger partial charge in [0.15, 0.2) is 5.71 Å². The molecular formula is C8H9N2O3. The van der Waals surface area contributed by atoms with E-state index in [9.17, 15) is 4.79 Å². The minimum atomic E-state index is -0.863. The summed E-state index contributed by atoms with van der Waals surface area (Å²) in [5.74, 6) is -0.283. The number of nitrogens with one attached hydrogen (secondary N) is 1. The summed E-state index contributed by atoms with van der Waals surface area (Å²) in [6, 6.07) is 3.41. The Balaban J connectivity index is 2.69. The van der Waals surface area contributed by atoms with E-state index < -0.39 is 5.91 Å². The molecule has 0 saturated heterocycles. The number of carbonyl (C=O) groups excluding carboxylic acids is 1. The van der Waals surface area contributed by atoms with Crippen molar-refractivity contribution in [1.82, 2.24) is 5.73 Å². The van der Waals surface area contributed by atoms with Gasteiger partial charge in [0.1, 0.15) is 12.9 Å². The fraction of sp³-hybridized carbons (Fsp3) is 0.250. The Kier molecular flexibility index (Phi) is 3.08. The molecule has 0 unspecified atom stereocenters. The average Bonchev–Trinajstić information content (AvgIpc) is 2.56. The lowest BCUT2D eigenvalue weighted by Crippen LogP contribution is -2.17. The van der Waals surface area contributed by atoms with Crippen molar-refractivity contribution in [3.05, 3.63) is 24.2 Å². The SMILES string of the molecule is CON=C(Cc1ccco1)C([NH])=O. The van der Waals surface area contributed by atoms with Crippen LogP contribution in [0.3, 0.4) is 0 Å². The summed E-state index contributed by atoms with van der Waals surface area (Å²) in [6.07, 6.45) is 1.68. The molecule has 0 saturated carbocycles. The molecule has 1 heterocycles. The maximum Gasteiger partial charge on any atom is 0.287 e. The summed E-state index contributed by atoms with van der Waals surface area (Å²) in [6.45, 7) is 0. The minimum absolute atomic E-state index is 0.0254. The van der Waals surface area contributed by atoms with Crippen LogP contribution in [0.2, 0.25) is 0 Å². The highest BCUT2D eigenvalue weighted by Gasteiger charge is 2.11. The van der Waals surface area contributed by atoms with Crippen LogP contribution >= 0.6 is 0 Å². The molecule has 13 heavy (non-hydrogen) atoms. The number of carbonyl (C=O) groups is 1. The Morgan fingerprint density at radius 1 is 1.77 bits per heavy atom. The molecule has 0 aliphatic rings. The van der Waals surface area contributed by atoms with Gasteiger partial charge in [0.25, 0.3) is 5.91 Å². The van der Waals surface area contributed by atoms with E-state index in [1.165, 1.54) is 13.4 Å². The van der Waals surface area contributed by atoms with E-state index in [0.717, 1.165) is 0 Å². The van der Waals surface area contributed by atoms with Crippen LogP contribution in [-0.4, -0.2) is 18.7 Å². The summed E-state index contributed by atoms with van der Waals surface area (Å²) in [5, 5.41) is 3.42. The van der Waals surface area contributed by atoms with Crippen LogP contribution < -0.4 is 5.73 Å². The van der Waals surface area contributed by atoms with Crippen LogP contribution in [0.25, 0.3) is 0 Å². The number of hydrogen-bond acceptors (Lipinski definition) is 4. The monoisotopic (exact) mass is 181 g/mol. The van der Waals surface area contributed by atoms with Crippen molar-refractivity contribution in [1.29, 1.82) is 0 Å². The molecule has 0 atom stereocenters. The Labute approximate surface area is 75.1 Å². The first kappa shape index (κ1) is 9.31. The molecule has 0 bridgehead atoms. The van der Waals surface area contributed by atoms with Crippen LogP contribution in [0.5, 0.6) is 0 Å². The van der Waals surface area contributed by atoms with Crippen LogP contribution in [0.4, 0.5) is 0 Å². The molecule has 0 aromatic carbocycles. The minimum Gasteiger partial charge on any atom is -0.469 e. The van der Waals surface area contributed by atoms with E-state index in [2.05, 4.69) is 9.99 Å². The second kappa shape index (κ2) is 4.30. The number of nitrogens with zero attached hydrogens (tertiary/aromatic N) is 1. The third-order valence-corrected chi connectivity index (χ3v) is 1.39. The van der Waals surface area contributed by atoms with Gasteiger partial charge < -0.3 is 9.25 Å². The van der Waals surface area contributed by atoms with Crippen molar-refractivity contribution in [2.24, 2.45) is 5.16 Å². The lowest BCUT2D eigenvalue weighted by atomic mass is 10.2. The van der Waals surface area contributed by atoms with Crippen molar-refractivity contribution in [2.75, 3.05) is 7.11 Å². The summed E-state index contributed by atoms with van der Waals surface area (Å²) in [4.78, 5) is 15.1. The van der Waals surface area contributed by atoms with E-state index in [1.54, 1.807) is 12.1 Å². The first-order valence-corrected chi connectivity index (χ1v) is 3.62. The Hall–Kier alpha value is -1.78. The molecular weight excluding hydrogens is 172 g/mol. The van der Waals surface area contributed by atoms with E-state index in [4.69, 9.17) is 10.2 Å². The predicted molar refractivity (Wildman–Crippen MR) is 45.0 cm³/mol. The van der Waals surface area contributed by atoms with Crippen molar-refractivity contribution < 1.29 is 14.0 Å². The molecule has 1 N–H and O–H groups in total. The molecule has 1 radical (unpaired) electrons. The van der Waals surface area contributed by atoms with Crippen molar-refractivity contribution in [2.45, 2.75) is 6.42 Å². The van der Waals surface area contributed by atoms with Crippen LogP contribution in [0, 0.1) is 0 Å². The lowest BCUT2D eigenvalue weighted by molar-refractivity contribution is -0.112. The second-order valence-electron chi connectivity index (χ2n) is 2.31. The van der Waals surface area contributed by atoms with Gasteiger partial charge in [-0.3, -0.25) is 10.5 Å². The van der Waals surface area contributed by atoms with Gasteiger partial charge >= 0.3 is 0 Å². The Morgan fingerprint density at radius 2 is 2.54 bits per heavy atom. The Morgan fingerprint density at radius 3 is 3.00 bits per heavy atom. The summed E-state index contributed by atoms with van der Waals surface area (Å²) >= 11 is 0. The zero-order chi connectivity index (χ0) is 9.68. The van der Waals surface area contributed by atoms with Gasteiger partial charge in [-0.25, -0.2) is 0 Å². The largest absolute Gasteiger partial charge is 0.469 e. The molecule has 0 aliphatic heterocycles. The topological polar surface area (TPSA) is 75.6 Å². The summed E-state index contributed by atoms with van der Waals surface area (Å²) in [5.41, 5.74) is 6.87. The van der Waals surface area contributed by atoms with Crippen molar-refractivity contribution in [3.63, 3.8) is 0 Å². The standard InChI is InChI=1S/C8H9N2O3/c1-12-10-7(8(9)11)5-6-3-2-4-13-6/h2-4,9H,5H2,1H3.